The average Bonchev–Trinajstić information content (AvgIpc) is 2.12. The van der Waals surface area contributed by atoms with Crippen molar-refractivity contribution in [1.82, 2.24) is 10.2 Å². The summed E-state index contributed by atoms with van der Waals surface area (Å²) >= 11 is 0. The Hall–Kier alpha value is -1.10. The van der Waals surface area contributed by atoms with Crippen LogP contribution in [0.2, 0.25) is 0 Å². The molecule has 0 radical (unpaired) electrons. The lowest BCUT2D eigenvalue weighted by Crippen LogP contribution is -2.42. The molecule has 2 amide bonds. The standard InChI is InChI=1S/C9H19N3O2/c1-4-7(2)11-5-9(14)12(3)6-8(10)13/h7,11H,4-6H2,1-3H3,(H2,10,13). The normalized spacial score (nSPS) is 12.2. The first-order valence-electron chi connectivity index (χ1n) is 4.73. The van der Waals surface area contributed by atoms with E-state index in [1.54, 1.807) is 7.05 Å². The van der Waals surface area contributed by atoms with E-state index in [2.05, 4.69) is 5.32 Å². The third-order valence-corrected chi connectivity index (χ3v) is 2.03. The van der Waals surface area contributed by atoms with Crippen LogP contribution < -0.4 is 11.1 Å². The molecule has 0 rings (SSSR count). The quantitative estimate of drug-likeness (QED) is 0.597. The van der Waals surface area contributed by atoms with E-state index in [0.29, 0.717) is 6.04 Å². The van der Waals surface area contributed by atoms with Gasteiger partial charge in [-0.1, -0.05) is 6.92 Å². The van der Waals surface area contributed by atoms with Gasteiger partial charge in [0.2, 0.25) is 11.8 Å². The third-order valence-electron chi connectivity index (χ3n) is 2.03. The number of nitrogens with zero attached hydrogens (tertiary/aromatic N) is 1. The van der Waals surface area contributed by atoms with Crippen LogP contribution >= 0.6 is 0 Å². The van der Waals surface area contributed by atoms with E-state index in [9.17, 15) is 9.59 Å². The van der Waals surface area contributed by atoms with Crippen molar-refractivity contribution >= 4 is 11.8 Å². The van der Waals surface area contributed by atoms with Crippen LogP contribution in [0.1, 0.15) is 20.3 Å². The molecule has 3 N–H and O–H groups in total. The van der Waals surface area contributed by atoms with Crippen molar-refractivity contribution in [3.63, 3.8) is 0 Å². The van der Waals surface area contributed by atoms with Crippen molar-refractivity contribution in [2.75, 3.05) is 20.1 Å². The molecule has 0 saturated carbocycles. The van der Waals surface area contributed by atoms with E-state index < -0.39 is 5.91 Å². The maximum absolute atomic E-state index is 11.4. The molecule has 1 atom stereocenters. The number of carbonyl (C=O) groups excluding carboxylic acids is 2. The number of rotatable bonds is 6. The Bertz CT molecular complexity index is 206. The zero-order chi connectivity index (χ0) is 11.1. The minimum atomic E-state index is -0.496. The van der Waals surface area contributed by atoms with Crippen LogP contribution in [0.3, 0.4) is 0 Å². The second-order valence-corrected chi connectivity index (χ2v) is 3.41. The predicted octanol–water partition coefficient (Wildman–Crippen LogP) is -0.682. The fourth-order valence-corrected chi connectivity index (χ4v) is 0.863. The van der Waals surface area contributed by atoms with E-state index in [1.165, 1.54) is 4.90 Å². The fourth-order valence-electron chi connectivity index (χ4n) is 0.863. The minimum Gasteiger partial charge on any atom is -0.368 e. The Morgan fingerprint density at radius 2 is 2.07 bits per heavy atom. The van der Waals surface area contributed by atoms with Gasteiger partial charge in [-0.25, -0.2) is 0 Å². The molecule has 0 saturated heterocycles. The molecule has 0 heterocycles. The number of carbonyl (C=O) groups is 2. The fraction of sp³-hybridized carbons (Fsp3) is 0.778. The van der Waals surface area contributed by atoms with Gasteiger partial charge < -0.3 is 16.0 Å². The molecule has 0 aromatic heterocycles. The SMILES string of the molecule is CCC(C)NCC(=O)N(C)CC(N)=O. The van der Waals surface area contributed by atoms with E-state index in [4.69, 9.17) is 5.73 Å². The van der Waals surface area contributed by atoms with Gasteiger partial charge in [0.25, 0.3) is 0 Å². The summed E-state index contributed by atoms with van der Waals surface area (Å²) in [6.07, 6.45) is 0.965. The Morgan fingerprint density at radius 1 is 1.50 bits per heavy atom. The lowest BCUT2D eigenvalue weighted by atomic mass is 10.2. The highest BCUT2D eigenvalue weighted by molar-refractivity contribution is 5.84. The van der Waals surface area contributed by atoms with Crippen LogP contribution in [0, 0.1) is 0 Å². The Kier molecular flexibility index (Phi) is 5.87. The second-order valence-electron chi connectivity index (χ2n) is 3.41. The van der Waals surface area contributed by atoms with Crippen molar-refractivity contribution in [2.45, 2.75) is 26.3 Å². The van der Waals surface area contributed by atoms with Crippen LogP contribution in [-0.4, -0.2) is 42.9 Å². The predicted molar refractivity (Wildman–Crippen MR) is 54.6 cm³/mol. The summed E-state index contributed by atoms with van der Waals surface area (Å²) in [6, 6.07) is 0.306. The topological polar surface area (TPSA) is 75.4 Å². The Morgan fingerprint density at radius 3 is 2.50 bits per heavy atom. The van der Waals surface area contributed by atoms with Gasteiger partial charge in [0.1, 0.15) is 0 Å². The maximum Gasteiger partial charge on any atom is 0.237 e. The highest BCUT2D eigenvalue weighted by Crippen LogP contribution is 1.88. The summed E-state index contributed by atoms with van der Waals surface area (Å²) in [6.45, 7) is 4.26. The lowest BCUT2D eigenvalue weighted by molar-refractivity contribution is -0.133. The van der Waals surface area contributed by atoms with Crippen molar-refractivity contribution in [3.8, 4) is 0 Å². The molecular formula is C9H19N3O2. The first-order chi connectivity index (χ1) is 6.47. The Labute approximate surface area is 84.6 Å². The lowest BCUT2D eigenvalue weighted by Gasteiger charge is -2.17. The van der Waals surface area contributed by atoms with Gasteiger partial charge in [-0.05, 0) is 13.3 Å². The molecule has 0 spiro atoms. The molecule has 5 nitrogen and oxygen atoms in total. The summed E-state index contributed by atoms with van der Waals surface area (Å²) in [5.41, 5.74) is 4.96. The first kappa shape index (κ1) is 12.9. The number of nitrogens with one attached hydrogen (secondary N) is 1. The van der Waals surface area contributed by atoms with Crippen LogP contribution in [-0.2, 0) is 9.59 Å². The largest absolute Gasteiger partial charge is 0.368 e. The van der Waals surface area contributed by atoms with E-state index in [-0.39, 0.29) is 19.0 Å². The zero-order valence-electron chi connectivity index (χ0n) is 9.04. The van der Waals surface area contributed by atoms with E-state index in [0.717, 1.165) is 6.42 Å². The van der Waals surface area contributed by atoms with Gasteiger partial charge in [0.05, 0.1) is 13.1 Å². The van der Waals surface area contributed by atoms with E-state index in [1.807, 2.05) is 13.8 Å². The summed E-state index contributed by atoms with van der Waals surface area (Å²) in [5, 5.41) is 3.04. The average molecular weight is 201 g/mol. The summed E-state index contributed by atoms with van der Waals surface area (Å²) in [5.74, 6) is -0.617. The highest BCUT2D eigenvalue weighted by atomic mass is 16.2. The van der Waals surface area contributed by atoms with Crippen molar-refractivity contribution in [2.24, 2.45) is 5.73 Å². The number of hydrogen-bond acceptors (Lipinski definition) is 3. The highest BCUT2D eigenvalue weighted by Gasteiger charge is 2.11. The third kappa shape index (κ3) is 5.53. The van der Waals surface area contributed by atoms with Gasteiger partial charge in [-0.2, -0.15) is 0 Å². The smallest absolute Gasteiger partial charge is 0.237 e. The minimum absolute atomic E-state index is 0.0268. The summed E-state index contributed by atoms with van der Waals surface area (Å²) in [7, 11) is 1.56. The summed E-state index contributed by atoms with van der Waals surface area (Å²) < 4.78 is 0. The monoisotopic (exact) mass is 201 g/mol. The molecule has 0 aliphatic carbocycles. The number of amides is 2. The number of hydrogen-bond donors (Lipinski definition) is 2. The molecule has 5 heteroatoms. The molecule has 0 aromatic carbocycles. The number of nitrogens with two attached hydrogens (primary N) is 1. The second kappa shape index (κ2) is 6.37. The van der Waals surface area contributed by atoms with Gasteiger partial charge in [-0.15, -0.1) is 0 Å². The molecule has 0 aromatic rings. The van der Waals surface area contributed by atoms with Crippen LogP contribution in [0.25, 0.3) is 0 Å². The molecule has 0 aliphatic heterocycles. The molecule has 0 fully saturated rings. The number of primary amides is 1. The van der Waals surface area contributed by atoms with Crippen molar-refractivity contribution in [3.05, 3.63) is 0 Å². The van der Waals surface area contributed by atoms with Crippen LogP contribution in [0.4, 0.5) is 0 Å². The van der Waals surface area contributed by atoms with Gasteiger partial charge in [-0.3, -0.25) is 9.59 Å². The molecule has 1 unspecified atom stereocenters. The van der Waals surface area contributed by atoms with Crippen molar-refractivity contribution < 1.29 is 9.59 Å². The van der Waals surface area contributed by atoms with E-state index >= 15 is 0 Å². The molecule has 14 heavy (non-hydrogen) atoms. The molecule has 82 valence electrons. The molecular weight excluding hydrogens is 182 g/mol. The van der Waals surface area contributed by atoms with Gasteiger partial charge in [0, 0.05) is 13.1 Å². The maximum atomic E-state index is 11.4. The Balaban J connectivity index is 3.78. The molecule has 0 aliphatic rings. The van der Waals surface area contributed by atoms with Crippen LogP contribution in [0.15, 0.2) is 0 Å². The zero-order valence-corrected chi connectivity index (χ0v) is 9.04. The first-order valence-corrected chi connectivity index (χ1v) is 4.73. The van der Waals surface area contributed by atoms with Gasteiger partial charge >= 0.3 is 0 Å². The van der Waals surface area contributed by atoms with Crippen LogP contribution in [0.5, 0.6) is 0 Å². The van der Waals surface area contributed by atoms with Crippen molar-refractivity contribution in [1.29, 1.82) is 0 Å². The summed E-state index contributed by atoms with van der Waals surface area (Å²) in [4.78, 5) is 23.2. The number of likely N-dealkylation sites (N-methyl/N-ethyl adjacent to an activating group) is 1. The van der Waals surface area contributed by atoms with Gasteiger partial charge in [0.15, 0.2) is 0 Å². The molecule has 0 bridgehead atoms.